The molecule has 9 nitrogen and oxygen atoms in total. The zero-order valence-corrected chi connectivity index (χ0v) is 18.9. The van der Waals surface area contributed by atoms with E-state index in [1.165, 1.54) is 6.33 Å². The molecule has 4 rings (SSSR count). The van der Waals surface area contributed by atoms with Gasteiger partial charge in [0.2, 0.25) is 5.95 Å². The molecule has 2 aromatic heterocycles. The fourth-order valence-corrected chi connectivity index (χ4v) is 4.36. The van der Waals surface area contributed by atoms with Crippen molar-refractivity contribution >= 4 is 38.3 Å². The maximum atomic E-state index is 12.0. The van der Waals surface area contributed by atoms with Gasteiger partial charge in [0.25, 0.3) is 0 Å². The van der Waals surface area contributed by atoms with Gasteiger partial charge in [0, 0.05) is 37.6 Å². The second-order valence-electron chi connectivity index (χ2n) is 7.87. The minimum Gasteiger partial charge on any atom is -0.338 e. The summed E-state index contributed by atoms with van der Waals surface area (Å²) in [5.74, 6) is 1.37. The summed E-state index contributed by atoms with van der Waals surface area (Å²) in [4.78, 5) is 22.4. The van der Waals surface area contributed by atoms with E-state index in [0.717, 1.165) is 43.0 Å². The van der Waals surface area contributed by atoms with Crippen molar-refractivity contribution in [3.63, 3.8) is 0 Å². The van der Waals surface area contributed by atoms with E-state index in [-0.39, 0.29) is 11.5 Å². The number of likely N-dealkylation sites (N-methyl/N-ethyl adjacent to an activating group) is 1. The van der Waals surface area contributed by atoms with Crippen LogP contribution in [-0.4, -0.2) is 72.2 Å². The van der Waals surface area contributed by atoms with Crippen molar-refractivity contribution in [1.29, 1.82) is 0 Å². The maximum Gasteiger partial charge on any atom is 0.226 e. The number of aromatic nitrogens is 4. The van der Waals surface area contributed by atoms with Gasteiger partial charge >= 0.3 is 0 Å². The highest BCUT2D eigenvalue weighted by Crippen LogP contribution is 2.26. The van der Waals surface area contributed by atoms with Gasteiger partial charge in [0.15, 0.2) is 15.7 Å². The highest BCUT2D eigenvalue weighted by molar-refractivity contribution is 7.90. The zero-order chi connectivity index (χ0) is 22.0. The summed E-state index contributed by atoms with van der Waals surface area (Å²) < 4.78 is 24.1. The lowest BCUT2D eigenvalue weighted by atomic mass is 10.1. The summed E-state index contributed by atoms with van der Waals surface area (Å²) in [7, 11) is -1.01. The Morgan fingerprint density at radius 1 is 1.10 bits per heavy atom. The monoisotopic (exact) mass is 441 g/mol. The molecule has 0 amide bonds. The van der Waals surface area contributed by atoms with E-state index in [2.05, 4.69) is 37.1 Å². The predicted octanol–water partition coefficient (Wildman–Crippen LogP) is 2.16. The van der Waals surface area contributed by atoms with Crippen LogP contribution >= 0.6 is 0 Å². The molecule has 0 saturated carbocycles. The molecular weight excluding hydrogens is 414 g/mol. The fourth-order valence-electron chi connectivity index (χ4n) is 3.47. The largest absolute Gasteiger partial charge is 0.338 e. The second-order valence-corrected chi connectivity index (χ2v) is 10.2. The zero-order valence-electron chi connectivity index (χ0n) is 18.0. The first-order valence-electron chi connectivity index (χ1n) is 10.3. The van der Waals surface area contributed by atoms with Gasteiger partial charge in [-0.2, -0.15) is 0 Å². The molecule has 1 aromatic carbocycles. The lowest BCUT2D eigenvalue weighted by molar-refractivity contribution is 0.311. The lowest BCUT2D eigenvalue weighted by Crippen LogP contribution is -2.45. The number of fused-ring (bicyclic) bond motifs is 1. The summed E-state index contributed by atoms with van der Waals surface area (Å²) in [6, 6.07) is 5.62. The summed E-state index contributed by atoms with van der Waals surface area (Å²) in [5, 5.41) is 3.33. The minimum atomic E-state index is -3.11. The Labute approximate surface area is 182 Å². The van der Waals surface area contributed by atoms with Gasteiger partial charge in [0.1, 0.15) is 17.4 Å². The minimum absolute atomic E-state index is 0.0126. The Bertz CT molecular complexity index is 1190. The normalized spacial score (nSPS) is 15.4. The number of benzene rings is 1. The molecule has 1 fully saturated rings. The number of nitrogens with one attached hydrogen (secondary N) is 1. The number of nitrogens with zero attached hydrogens (tertiary/aromatic N) is 6. The van der Waals surface area contributed by atoms with Crippen molar-refractivity contribution in [1.82, 2.24) is 24.8 Å². The van der Waals surface area contributed by atoms with Gasteiger partial charge in [-0.15, -0.1) is 0 Å². The third-order valence-corrected chi connectivity index (χ3v) is 7.19. The van der Waals surface area contributed by atoms with Crippen molar-refractivity contribution in [3.8, 4) is 0 Å². The summed E-state index contributed by atoms with van der Waals surface area (Å²) >= 11 is 0. The summed E-state index contributed by atoms with van der Waals surface area (Å²) in [5.41, 5.74) is 3.80. The highest BCUT2D eigenvalue weighted by atomic mass is 32.2. The van der Waals surface area contributed by atoms with Crippen molar-refractivity contribution in [2.45, 2.75) is 19.6 Å². The van der Waals surface area contributed by atoms with Gasteiger partial charge in [-0.3, -0.25) is 0 Å². The van der Waals surface area contributed by atoms with Crippen LogP contribution in [0.25, 0.3) is 11.0 Å². The molecule has 1 saturated heterocycles. The third kappa shape index (κ3) is 4.91. The number of hydrogen-bond acceptors (Lipinski definition) is 9. The van der Waals surface area contributed by atoms with E-state index >= 15 is 0 Å². The smallest absolute Gasteiger partial charge is 0.226 e. The van der Waals surface area contributed by atoms with E-state index in [1.807, 2.05) is 25.1 Å². The van der Waals surface area contributed by atoms with Crippen LogP contribution in [0.1, 0.15) is 18.1 Å². The van der Waals surface area contributed by atoms with Crippen molar-refractivity contribution in [2.24, 2.45) is 0 Å². The number of anilines is 3. The van der Waals surface area contributed by atoms with Crippen molar-refractivity contribution in [2.75, 3.05) is 49.2 Å². The molecule has 0 atom stereocenters. The predicted molar refractivity (Wildman–Crippen MR) is 122 cm³/mol. The van der Waals surface area contributed by atoms with E-state index in [9.17, 15) is 8.42 Å². The third-order valence-electron chi connectivity index (χ3n) is 5.53. The van der Waals surface area contributed by atoms with Crippen LogP contribution in [0, 0.1) is 6.92 Å². The first kappa shape index (κ1) is 21.4. The summed E-state index contributed by atoms with van der Waals surface area (Å²) in [6.45, 7) is 7.29. The molecule has 1 aliphatic heterocycles. The molecule has 0 unspecified atom stereocenters. The summed E-state index contributed by atoms with van der Waals surface area (Å²) in [6.07, 6.45) is 3.20. The lowest BCUT2D eigenvalue weighted by Gasteiger charge is -2.32. The van der Waals surface area contributed by atoms with Crippen molar-refractivity contribution < 1.29 is 8.42 Å². The number of sulfone groups is 1. The van der Waals surface area contributed by atoms with Gasteiger partial charge in [-0.05, 0) is 31.2 Å². The van der Waals surface area contributed by atoms with Gasteiger partial charge in [-0.1, -0.05) is 19.1 Å². The number of rotatable bonds is 6. The van der Waals surface area contributed by atoms with Crippen LogP contribution in [0.15, 0.2) is 30.7 Å². The Balaban J connectivity index is 1.66. The van der Waals surface area contributed by atoms with Gasteiger partial charge in [0.05, 0.1) is 11.9 Å². The Morgan fingerprint density at radius 3 is 2.61 bits per heavy atom. The van der Waals surface area contributed by atoms with Crippen LogP contribution in [0.4, 0.5) is 17.5 Å². The molecule has 31 heavy (non-hydrogen) atoms. The van der Waals surface area contributed by atoms with E-state index in [0.29, 0.717) is 22.8 Å². The van der Waals surface area contributed by atoms with Crippen molar-refractivity contribution in [3.05, 3.63) is 41.9 Å². The maximum absolute atomic E-state index is 12.0. The van der Waals surface area contributed by atoms with Gasteiger partial charge in [-0.25, -0.2) is 28.4 Å². The van der Waals surface area contributed by atoms with Crippen LogP contribution in [0.3, 0.4) is 0 Å². The Kier molecular flexibility index (Phi) is 6.01. The van der Waals surface area contributed by atoms with E-state index in [4.69, 9.17) is 4.98 Å². The molecule has 0 radical (unpaired) electrons. The second kappa shape index (κ2) is 8.72. The molecule has 0 spiro atoms. The number of piperazine rings is 1. The molecule has 10 heteroatoms. The molecule has 3 aromatic rings. The van der Waals surface area contributed by atoms with Crippen LogP contribution in [-0.2, 0) is 15.6 Å². The average Bonchev–Trinajstić information content (AvgIpc) is 2.76. The standard InChI is InChI=1S/C21H27N7O2S/c1-4-31(29,30)13-16-6-5-15(2)17(11-16)25-20-19-18(23-14-24-20)12-22-21(26-19)28-9-7-27(3)8-10-28/h5-6,11-12,14H,4,7-10,13H2,1-3H3,(H,23,24,25). The number of hydrogen-bond donors (Lipinski definition) is 1. The SMILES string of the molecule is CCS(=O)(=O)Cc1ccc(C)c(Nc2ncnc3cnc(N4CCN(C)CC4)nc23)c1. The first-order valence-corrected chi connectivity index (χ1v) is 12.1. The molecule has 0 aliphatic carbocycles. The quantitative estimate of drug-likeness (QED) is 0.616. The first-order chi connectivity index (χ1) is 14.8. The Morgan fingerprint density at radius 2 is 1.87 bits per heavy atom. The molecular formula is C21H27N7O2S. The molecule has 1 N–H and O–H groups in total. The molecule has 164 valence electrons. The topological polar surface area (TPSA) is 104 Å². The molecule has 1 aliphatic rings. The Hall–Kier alpha value is -2.85. The van der Waals surface area contributed by atoms with E-state index in [1.54, 1.807) is 13.1 Å². The average molecular weight is 442 g/mol. The molecule has 0 bridgehead atoms. The van der Waals surface area contributed by atoms with E-state index < -0.39 is 9.84 Å². The van der Waals surface area contributed by atoms with Gasteiger partial charge < -0.3 is 15.1 Å². The van der Waals surface area contributed by atoms with Crippen LogP contribution in [0.2, 0.25) is 0 Å². The van der Waals surface area contributed by atoms with Crippen LogP contribution < -0.4 is 10.2 Å². The number of aryl methyl sites for hydroxylation is 1. The van der Waals surface area contributed by atoms with Crippen LogP contribution in [0.5, 0.6) is 0 Å². The molecule has 3 heterocycles. The highest BCUT2D eigenvalue weighted by Gasteiger charge is 2.18. The fraction of sp³-hybridized carbons (Fsp3) is 0.429.